The van der Waals surface area contributed by atoms with Crippen molar-refractivity contribution in [3.63, 3.8) is 0 Å². The summed E-state index contributed by atoms with van der Waals surface area (Å²) in [4.78, 5) is 4.56. The number of anilines is 2. The van der Waals surface area contributed by atoms with Crippen molar-refractivity contribution in [2.45, 2.75) is 0 Å². The molecular weight excluding hydrogens is 356 g/mol. The van der Waals surface area contributed by atoms with Crippen LogP contribution in [0.5, 0.6) is 5.75 Å². The molecule has 0 fully saturated rings. The fourth-order valence-corrected chi connectivity index (χ4v) is 4.10. The summed E-state index contributed by atoms with van der Waals surface area (Å²) in [7, 11) is 1.66. The maximum atomic E-state index is 5.22. The monoisotopic (exact) mass is 372 g/mol. The number of hydrogen-bond acceptors (Lipinski definition) is 5. The van der Waals surface area contributed by atoms with E-state index >= 15 is 0 Å². The van der Waals surface area contributed by atoms with Gasteiger partial charge in [0.1, 0.15) is 10.8 Å². The van der Waals surface area contributed by atoms with Gasteiger partial charge in [0.2, 0.25) is 0 Å². The zero-order valence-electron chi connectivity index (χ0n) is 14.6. The summed E-state index contributed by atoms with van der Waals surface area (Å²) < 4.78 is 8.37. The van der Waals surface area contributed by atoms with E-state index < -0.39 is 0 Å². The molecule has 2 aromatic carbocycles. The van der Waals surface area contributed by atoms with Crippen molar-refractivity contribution >= 4 is 44.0 Å². The van der Waals surface area contributed by atoms with Crippen LogP contribution in [0.2, 0.25) is 0 Å². The van der Waals surface area contributed by atoms with Crippen LogP contribution >= 0.6 is 11.3 Å². The SMILES string of the molecule is COc1ccc(Nc2nn(-c3cc4ccccc4s3)c3ncccc23)cc1. The second kappa shape index (κ2) is 6.41. The van der Waals surface area contributed by atoms with E-state index in [1.807, 2.05) is 41.1 Å². The Labute approximate surface area is 159 Å². The zero-order chi connectivity index (χ0) is 18.2. The number of nitrogens with zero attached hydrogens (tertiary/aromatic N) is 3. The summed E-state index contributed by atoms with van der Waals surface area (Å²) in [5.41, 5.74) is 1.78. The molecule has 0 unspecified atom stereocenters. The van der Waals surface area contributed by atoms with Crippen LogP contribution in [0.4, 0.5) is 11.5 Å². The molecule has 0 bridgehead atoms. The summed E-state index contributed by atoms with van der Waals surface area (Å²) >= 11 is 1.71. The highest BCUT2D eigenvalue weighted by molar-refractivity contribution is 7.21. The number of rotatable bonds is 4. The number of nitrogens with one attached hydrogen (secondary N) is 1. The van der Waals surface area contributed by atoms with Gasteiger partial charge in [-0.25, -0.2) is 9.67 Å². The van der Waals surface area contributed by atoms with Crippen molar-refractivity contribution in [3.8, 4) is 10.8 Å². The van der Waals surface area contributed by atoms with Crippen LogP contribution in [0.3, 0.4) is 0 Å². The summed E-state index contributed by atoms with van der Waals surface area (Å²) in [5, 5.41) is 11.4. The van der Waals surface area contributed by atoms with Crippen molar-refractivity contribution in [1.29, 1.82) is 0 Å². The van der Waals surface area contributed by atoms with E-state index in [1.165, 1.54) is 10.1 Å². The van der Waals surface area contributed by atoms with Crippen LogP contribution in [-0.2, 0) is 0 Å². The average molecular weight is 372 g/mol. The van der Waals surface area contributed by atoms with Crippen molar-refractivity contribution in [1.82, 2.24) is 14.8 Å². The first-order valence-corrected chi connectivity index (χ1v) is 9.37. The van der Waals surface area contributed by atoms with Crippen LogP contribution in [0, 0.1) is 0 Å². The molecule has 6 heteroatoms. The highest BCUT2D eigenvalue weighted by Gasteiger charge is 2.15. The predicted octanol–water partition coefficient (Wildman–Crippen LogP) is 5.39. The molecule has 3 aromatic heterocycles. The van der Waals surface area contributed by atoms with E-state index in [1.54, 1.807) is 24.6 Å². The molecule has 5 aromatic rings. The molecule has 5 rings (SSSR count). The third-order valence-corrected chi connectivity index (χ3v) is 5.51. The summed E-state index contributed by atoms with van der Waals surface area (Å²) in [6.07, 6.45) is 1.80. The zero-order valence-corrected chi connectivity index (χ0v) is 15.4. The quantitative estimate of drug-likeness (QED) is 0.460. The Morgan fingerprint density at radius 1 is 1.00 bits per heavy atom. The highest BCUT2D eigenvalue weighted by atomic mass is 32.1. The van der Waals surface area contributed by atoms with Gasteiger partial charge >= 0.3 is 0 Å². The maximum absolute atomic E-state index is 5.22. The topological polar surface area (TPSA) is 52.0 Å². The Bertz CT molecular complexity index is 1210. The Morgan fingerprint density at radius 3 is 2.67 bits per heavy atom. The molecule has 27 heavy (non-hydrogen) atoms. The third kappa shape index (κ3) is 2.80. The van der Waals surface area contributed by atoms with Crippen LogP contribution in [0.25, 0.3) is 26.1 Å². The molecule has 3 heterocycles. The van der Waals surface area contributed by atoms with Crippen molar-refractivity contribution in [2.24, 2.45) is 0 Å². The smallest absolute Gasteiger partial charge is 0.166 e. The molecule has 1 N–H and O–H groups in total. The second-order valence-electron chi connectivity index (χ2n) is 6.11. The van der Waals surface area contributed by atoms with Gasteiger partial charge in [-0.2, -0.15) is 0 Å². The molecule has 0 spiro atoms. The standard InChI is InChI=1S/C21H16N4OS/c1-26-16-10-8-15(9-11-16)23-20-17-6-4-12-22-21(17)25(24-20)19-13-14-5-2-3-7-18(14)27-19/h2-13H,1H3,(H,23,24). The molecule has 0 amide bonds. The number of hydrogen-bond donors (Lipinski definition) is 1. The fourth-order valence-electron chi connectivity index (χ4n) is 3.08. The number of fused-ring (bicyclic) bond motifs is 2. The first kappa shape index (κ1) is 15.8. The number of thiophene rings is 1. The Morgan fingerprint density at radius 2 is 1.85 bits per heavy atom. The predicted molar refractivity (Wildman–Crippen MR) is 111 cm³/mol. The molecule has 0 aliphatic heterocycles. The van der Waals surface area contributed by atoms with E-state index in [-0.39, 0.29) is 0 Å². The van der Waals surface area contributed by atoms with Gasteiger partial charge in [0, 0.05) is 16.6 Å². The average Bonchev–Trinajstić information content (AvgIpc) is 3.30. The Hall–Kier alpha value is -3.38. The van der Waals surface area contributed by atoms with Gasteiger partial charge in [0.05, 0.1) is 12.5 Å². The minimum Gasteiger partial charge on any atom is -0.497 e. The van der Waals surface area contributed by atoms with Crippen molar-refractivity contribution in [3.05, 3.63) is 72.9 Å². The first-order valence-electron chi connectivity index (χ1n) is 8.55. The minimum atomic E-state index is 0.778. The minimum absolute atomic E-state index is 0.778. The van der Waals surface area contributed by atoms with E-state index in [4.69, 9.17) is 9.84 Å². The van der Waals surface area contributed by atoms with Gasteiger partial charge in [-0.15, -0.1) is 16.4 Å². The number of ether oxygens (including phenoxy) is 1. The summed E-state index contributed by atoms with van der Waals surface area (Å²) in [6.45, 7) is 0. The van der Waals surface area contributed by atoms with Gasteiger partial charge in [0.15, 0.2) is 11.5 Å². The molecule has 5 nitrogen and oxygen atoms in total. The Balaban J connectivity index is 1.61. The lowest BCUT2D eigenvalue weighted by Crippen LogP contribution is -1.96. The van der Waals surface area contributed by atoms with E-state index in [2.05, 4.69) is 40.6 Å². The molecule has 0 aliphatic rings. The lowest BCUT2D eigenvalue weighted by Gasteiger charge is -2.04. The van der Waals surface area contributed by atoms with E-state index in [0.717, 1.165) is 33.3 Å². The maximum Gasteiger partial charge on any atom is 0.166 e. The van der Waals surface area contributed by atoms with Crippen LogP contribution in [0.1, 0.15) is 0 Å². The normalized spacial score (nSPS) is 11.1. The Kier molecular flexibility index (Phi) is 3.76. The summed E-state index contributed by atoms with van der Waals surface area (Å²) in [6, 6.07) is 22.2. The largest absolute Gasteiger partial charge is 0.497 e. The molecule has 0 saturated carbocycles. The van der Waals surface area contributed by atoms with Crippen molar-refractivity contribution in [2.75, 3.05) is 12.4 Å². The molecule has 0 atom stereocenters. The first-order chi connectivity index (χ1) is 13.3. The number of aromatic nitrogens is 3. The van der Waals surface area contributed by atoms with E-state index in [0.29, 0.717) is 0 Å². The van der Waals surface area contributed by atoms with Crippen molar-refractivity contribution < 1.29 is 4.74 Å². The number of methoxy groups -OCH3 is 1. The second-order valence-corrected chi connectivity index (χ2v) is 7.17. The van der Waals surface area contributed by atoms with Gasteiger partial charge in [0.25, 0.3) is 0 Å². The molecule has 0 aliphatic carbocycles. The van der Waals surface area contributed by atoms with Gasteiger partial charge in [-0.1, -0.05) is 18.2 Å². The van der Waals surface area contributed by atoms with Gasteiger partial charge < -0.3 is 10.1 Å². The lowest BCUT2D eigenvalue weighted by atomic mass is 10.3. The third-order valence-electron chi connectivity index (χ3n) is 4.42. The summed E-state index contributed by atoms with van der Waals surface area (Å²) in [5.74, 6) is 1.60. The van der Waals surface area contributed by atoms with E-state index in [9.17, 15) is 0 Å². The van der Waals surface area contributed by atoms with Gasteiger partial charge in [-0.3, -0.25) is 0 Å². The lowest BCUT2D eigenvalue weighted by molar-refractivity contribution is 0.415. The fraction of sp³-hybridized carbons (Fsp3) is 0.0476. The molecule has 0 radical (unpaired) electrons. The number of pyridine rings is 1. The van der Waals surface area contributed by atoms with Gasteiger partial charge in [-0.05, 0) is 53.9 Å². The molecule has 132 valence electrons. The molecular formula is C21H16N4OS. The van der Waals surface area contributed by atoms with Crippen LogP contribution in [0.15, 0.2) is 72.9 Å². The van der Waals surface area contributed by atoms with Crippen LogP contribution in [-0.4, -0.2) is 21.9 Å². The van der Waals surface area contributed by atoms with Crippen LogP contribution < -0.4 is 10.1 Å². The molecule has 0 saturated heterocycles. The number of benzene rings is 2. The highest BCUT2D eigenvalue weighted by Crippen LogP contribution is 2.32.